The molecule has 1 heterocycles. The van der Waals surface area contributed by atoms with Crippen LogP contribution in [0.5, 0.6) is 0 Å². The number of benzene rings is 1. The second-order valence-corrected chi connectivity index (χ2v) is 5.02. The maximum Gasteiger partial charge on any atom is 0.253 e. The zero-order chi connectivity index (χ0) is 13.1. The largest absolute Gasteiger partial charge is 0.397 e. The summed E-state index contributed by atoms with van der Waals surface area (Å²) in [5, 5.41) is 0. The van der Waals surface area contributed by atoms with Crippen molar-refractivity contribution in [1.29, 1.82) is 0 Å². The van der Waals surface area contributed by atoms with Gasteiger partial charge in [-0.15, -0.1) is 0 Å². The maximum absolute atomic E-state index is 12.0. The molecule has 0 unspecified atom stereocenters. The summed E-state index contributed by atoms with van der Waals surface area (Å²) in [6, 6.07) is 5.55. The molecule has 0 saturated carbocycles. The van der Waals surface area contributed by atoms with Crippen molar-refractivity contribution in [3.05, 3.63) is 23.8 Å². The van der Waals surface area contributed by atoms with Crippen molar-refractivity contribution in [3.8, 4) is 0 Å². The minimum Gasteiger partial charge on any atom is -0.397 e. The molecule has 4 nitrogen and oxygen atoms in total. The van der Waals surface area contributed by atoms with Crippen LogP contribution in [-0.2, 0) is 0 Å². The van der Waals surface area contributed by atoms with Gasteiger partial charge in [0.25, 0.3) is 5.91 Å². The Bertz CT molecular complexity index is 437. The summed E-state index contributed by atoms with van der Waals surface area (Å²) in [6.45, 7) is 2.06. The van der Waals surface area contributed by atoms with E-state index in [4.69, 9.17) is 5.73 Å². The van der Waals surface area contributed by atoms with E-state index in [0.29, 0.717) is 5.56 Å². The van der Waals surface area contributed by atoms with Crippen molar-refractivity contribution in [2.24, 2.45) is 0 Å². The van der Waals surface area contributed by atoms with Crippen LogP contribution in [0.25, 0.3) is 0 Å². The van der Waals surface area contributed by atoms with Gasteiger partial charge in [0.05, 0.1) is 11.4 Å². The van der Waals surface area contributed by atoms with Crippen molar-refractivity contribution in [1.82, 2.24) is 4.90 Å². The van der Waals surface area contributed by atoms with Crippen LogP contribution in [-0.4, -0.2) is 38.0 Å². The number of nitrogens with two attached hydrogens (primary N) is 1. The molecule has 0 radical (unpaired) electrons. The van der Waals surface area contributed by atoms with Crippen LogP contribution in [0.2, 0.25) is 0 Å². The third kappa shape index (κ3) is 2.58. The van der Waals surface area contributed by atoms with Gasteiger partial charge in [-0.05, 0) is 37.5 Å². The molecule has 4 heteroatoms. The van der Waals surface area contributed by atoms with E-state index in [9.17, 15) is 4.79 Å². The average Bonchev–Trinajstić information content (AvgIpc) is 2.39. The third-order valence-electron chi connectivity index (χ3n) is 3.38. The molecule has 18 heavy (non-hydrogen) atoms. The smallest absolute Gasteiger partial charge is 0.253 e. The van der Waals surface area contributed by atoms with Crippen LogP contribution < -0.4 is 10.6 Å². The number of rotatable bonds is 2. The zero-order valence-electron chi connectivity index (χ0n) is 11.1. The molecular formula is C14H21N3O. The molecular weight excluding hydrogens is 226 g/mol. The maximum atomic E-state index is 12.0. The Morgan fingerprint density at radius 2 is 1.89 bits per heavy atom. The van der Waals surface area contributed by atoms with Crippen LogP contribution in [0, 0.1) is 0 Å². The molecule has 0 aliphatic carbocycles. The van der Waals surface area contributed by atoms with E-state index in [0.717, 1.165) is 24.5 Å². The molecule has 0 atom stereocenters. The van der Waals surface area contributed by atoms with Crippen molar-refractivity contribution < 1.29 is 4.79 Å². The molecule has 1 aromatic rings. The Hall–Kier alpha value is -1.71. The van der Waals surface area contributed by atoms with Crippen LogP contribution in [0.1, 0.15) is 29.6 Å². The summed E-state index contributed by atoms with van der Waals surface area (Å²) in [7, 11) is 3.53. The molecule has 0 aromatic heterocycles. The van der Waals surface area contributed by atoms with E-state index in [1.54, 1.807) is 25.1 Å². The van der Waals surface area contributed by atoms with E-state index in [-0.39, 0.29) is 5.91 Å². The third-order valence-corrected chi connectivity index (χ3v) is 3.38. The lowest BCUT2D eigenvalue weighted by Crippen LogP contribution is -2.30. The Balaban J connectivity index is 2.28. The van der Waals surface area contributed by atoms with Gasteiger partial charge in [-0.3, -0.25) is 4.79 Å². The van der Waals surface area contributed by atoms with Gasteiger partial charge in [-0.1, -0.05) is 0 Å². The van der Waals surface area contributed by atoms with Crippen molar-refractivity contribution in [3.63, 3.8) is 0 Å². The Morgan fingerprint density at radius 1 is 1.22 bits per heavy atom. The van der Waals surface area contributed by atoms with Crippen LogP contribution in [0.15, 0.2) is 18.2 Å². The highest BCUT2D eigenvalue weighted by Crippen LogP contribution is 2.27. The number of nitrogens with zero attached hydrogens (tertiary/aromatic N) is 2. The molecule has 2 rings (SSSR count). The second-order valence-electron chi connectivity index (χ2n) is 5.02. The van der Waals surface area contributed by atoms with Crippen LogP contribution >= 0.6 is 0 Å². The average molecular weight is 247 g/mol. The lowest BCUT2D eigenvalue weighted by molar-refractivity contribution is 0.0827. The molecule has 1 aliphatic heterocycles. The minimum absolute atomic E-state index is 0.0215. The summed E-state index contributed by atoms with van der Waals surface area (Å²) in [5.74, 6) is 0.0215. The first-order valence-corrected chi connectivity index (χ1v) is 6.45. The molecule has 1 amide bonds. The van der Waals surface area contributed by atoms with Gasteiger partial charge in [-0.25, -0.2) is 0 Å². The number of carbonyl (C=O) groups is 1. The minimum atomic E-state index is 0.0215. The first-order valence-electron chi connectivity index (χ1n) is 6.45. The van der Waals surface area contributed by atoms with E-state index in [1.165, 1.54) is 19.3 Å². The summed E-state index contributed by atoms with van der Waals surface area (Å²) >= 11 is 0. The molecule has 0 spiro atoms. The predicted molar refractivity (Wildman–Crippen MR) is 74.9 cm³/mol. The Morgan fingerprint density at radius 3 is 2.50 bits per heavy atom. The SMILES string of the molecule is CN(C)C(=O)c1ccc(N)c(N2CCCCC2)c1. The quantitative estimate of drug-likeness (QED) is 0.813. The highest BCUT2D eigenvalue weighted by molar-refractivity contribution is 5.96. The molecule has 1 saturated heterocycles. The fraction of sp³-hybridized carbons (Fsp3) is 0.500. The van der Waals surface area contributed by atoms with Gasteiger partial charge in [-0.2, -0.15) is 0 Å². The van der Waals surface area contributed by atoms with E-state index in [1.807, 2.05) is 12.1 Å². The van der Waals surface area contributed by atoms with E-state index < -0.39 is 0 Å². The van der Waals surface area contributed by atoms with Crippen molar-refractivity contribution in [2.75, 3.05) is 37.8 Å². The van der Waals surface area contributed by atoms with Gasteiger partial charge < -0.3 is 15.5 Å². The van der Waals surface area contributed by atoms with Gasteiger partial charge in [0, 0.05) is 32.7 Å². The van der Waals surface area contributed by atoms with Gasteiger partial charge in [0.15, 0.2) is 0 Å². The fourth-order valence-electron chi connectivity index (χ4n) is 2.34. The Labute approximate surface area is 108 Å². The lowest BCUT2D eigenvalue weighted by Gasteiger charge is -2.30. The number of nitrogen functional groups attached to an aromatic ring is 1. The first-order chi connectivity index (χ1) is 8.59. The van der Waals surface area contributed by atoms with Crippen LogP contribution in [0.3, 0.4) is 0 Å². The topological polar surface area (TPSA) is 49.6 Å². The first kappa shape index (κ1) is 12.7. The molecule has 0 bridgehead atoms. The molecule has 1 aliphatic rings. The number of carbonyl (C=O) groups excluding carboxylic acids is 1. The number of hydrogen-bond acceptors (Lipinski definition) is 3. The van der Waals surface area contributed by atoms with Gasteiger partial charge >= 0.3 is 0 Å². The molecule has 2 N–H and O–H groups in total. The lowest BCUT2D eigenvalue weighted by atomic mass is 10.1. The molecule has 1 aromatic carbocycles. The predicted octanol–water partition coefficient (Wildman–Crippen LogP) is 1.96. The summed E-state index contributed by atoms with van der Waals surface area (Å²) < 4.78 is 0. The number of hydrogen-bond donors (Lipinski definition) is 1. The standard InChI is InChI=1S/C14H21N3O/c1-16(2)14(18)11-6-7-12(15)13(10-11)17-8-4-3-5-9-17/h6-7,10H,3-5,8-9,15H2,1-2H3. The zero-order valence-corrected chi connectivity index (χ0v) is 11.1. The Kier molecular flexibility index (Phi) is 3.75. The van der Waals surface area contributed by atoms with E-state index in [2.05, 4.69) is 4.90 Å². The highest BCUT2D eigenvalue weighted by atomic mass is 16.2. The normalized spacial score (nSPS) is 15.6. The highest BCUT2D eigenvalue weighted by Gasteiger charge is 2.16. The number of amides is 1. The molecule has 1 fully saturated rings. The summed E-state index contributed by atoms with van der Waals surface area (Å²) in [5.41, 5.74) is 8.49. The van der Waals surface area contributed by atoms with Crippen molar-refractivity contribution in [2.45, 2.75) is 19.3 Å². The van der Waals surface area contributed by atoms with E-state index >= 15 is 0 Å². The molecule has 98 valence electrons. The van der Waals surface area contributed by atoms with Gasteiger partial charge in [0.1, 0.15) is 0 Å². The monoisotopic (exact) mass is 247 g/mol. The fourth-order valence-corrected chi connectivity index (χ4v) is 2.34. The second kappa shape index (κ2) is 5.29. The summed E-state index contributed by atoms with van der Waals surface area (Å²) in [4.78, 5) is 15.8. The van der Waals surface area contributed by atoms with Gasteiger partial charge in [0.2, 0.25) is 0 Å². The number of anilines is 2. The van der Waals surface area contributed by atoms with Crippen LogP contribution in [0.4, 0.5) is 11.4 Å². The number of piperidine rings is 1. The summed E-state index contributed by atoms with van der Waals surface area (Å²) in [6.07, 6.45) is 3.68. The van der Waals surface area contributed by atoms with Crippen molar-refractivity contribution >= 4 is 17.3 Å².